The van der Waals surface area contributed by atoms with Crippen LogP contribution in [0, 0.1) is 23.2 Å². The SMILES string of the molecule is C=CC(=O)[C@H](C[C@@H]1CCNC1=O)NC(=O)[C@H]1N(C(=O)[C@H](CC(C)C)NC(=O)c2cc3c(OC)cccc3[nH]2)C[C@@H](C)C1(C)C.CF. The first-order valence-corrected chi connectivity index (χ1v) is 15.7. The minimum atomic E-state index is -0.942. The Hall–Kier alpha value is -4.22. The zero-order valence-electron chi connectivity index (χ0n) is 27.9. The Bertz CT molecular complexity index is 1450. The highest BCUT2D eigenvalue weighted by atomic mass is 19.1. The molecule has 252 valence electrons. The van der Waals surface area contributed by atoms with Crippen molar-refractivity contribution in [2.45, 2.75) is 72.0 Å². The summed E-state index contributed by atoms with van der Waals surface area (Å²) in [5, 5.41) is 9.28. The molecule has 0 saturated carbocycles. The second-order valence-corrected chi connectivity index (χ2v) is 13.1. The number of amides is 4. The number of hydrogen-bond acceptors (Lipinski definition) is 6. The number of aromatic amines is 1. The summed E-state index contributed by atoms with van der Waals surface area (Å²) in [6.45, 7) is 14.2. The van der Waals surface area contributed by atoms with Gasteiger partial charge in [-0.1, -0.05) is 47.3 Å². The van der Waals surface area contributed by atoms with E-state index < -0.39 is 41.3 Å². The van der Waals surface area contributed by atoms with Crippen LogP contribution in [0.1, 0.15) is 64.4 Å². The van der Waals surface area contributed by atoms with Crippen molar-refractivity contribution in [1.82, 2.24) is 25.8 Å². The molecule has 2 fully saturated rings. The molecule has 4 rings (SSSR count). The molecule has 0 spiro atoms. The van der Waals surface area contributed by atoms with Crippen molar-refractivity contribution in [3.63, 3.8) is 0 Å². The van der Waals surface area contributed by atoms with Crippen molar-refractivity contribution in [3.05, 3.63) is 42.6 Å². The molecule has 0 unspecified atom stereocenters. The van der Waals surface area contributed by atoms with Crippen molar-refractivity contribution < 1.29 is 33.1 Å². The lowest BCUT2D eigenvalue weighted by atomic mass is 9.77. The molecule has 46 heavy (non-hydrogen) atoms. The number of benzene rings is 1. The maximum absolute atomic E-state index is 14.2. The van der Waals surface area contributed by atoms with Crippen molar-refractivity contribution in [2.75, 3.05) is 27.4 Å². The van der Waals surface area contributed by atoms with Gasteiger partial charge in [0.2, 0.25) is 17.7 Å². The normalized spacial score (nSPS) is 21.5. The highest BCUT2D eigenvalue weighted by molar-refractivity contribution is 6.02. The molecule has 0 bridgehead atoms. The van der Waals surface area contributed by atoms with E-state index >= 15 is 0 Å². The summed E-state index contributed by atoms with van der Waals surface area (Å²) in [5.74, 6) is -1.56. The van der Waals surface area contributed by atoms with E-state index in [0.717, 1.165) is 17.0 Å². The molecule has 5 atom stereocenters. The van der Waals surface area contributed by atoms with Gasteiger partial charge in [0.05, 0.1) is 20.3 Å². The molecular formula is C34H48FN5O6. The van der Waals surface area contributed by atoms with E-state index in [1.807, 2.05) is 46.8 Å². The molecule has 0 radical (unpaired) electrons. The molecule has 1 aromatic carbocycles. The van der Waals surface area contributed by atoms with Crippen molar-refractivity contribution >= 4 is 40.3 Å². The number of likely N-dealkylation sites (tertiary alicyclic amines) is 1. The van der Waals surface area contributed by atoms with Gasteiger partial charge < -0.3 is 30.6 Å². The number of rotatable bonds is 12. The van der Waals surface area contributed by atoms with Crippen LogP contribution >= 0.6 is 0 Å². The number of ether oxygens (including phenoxy) is 1. The predicted molar refractivity (Wildman–Crippen MR) is 174 cm³/mol. The lowest BCUT2D eigenvalue weighted by Gasteiger charge is -2.35. The number of hydrogen-bond donors (Lipinski definition) is 4. The molecule has 3 heterocycles. The van der Waals surface area contributed by atoms with Crippen LogP contribution in [0.3, 0.4) is 0 Å². The zero-order chi connectivity index (χ0) is 34.3. The standard InChI is InChI=1S/C33H45N5O6.CH3F/c1-8-26(39)23(15-20-12-13-34-29(20)40)36-31(42)28-33(5,6)19(4)17-38(28)32(43)25(14-18(2)3)37-30(41)24-16-21-22(35-24)10-9-11-27(21)44-7;1-2/h8-11,16,18-20,23,25,28,35H,1,12-15,17H2,2-7H3,(H,34,40)(H,36,42)(H,37,41);1H3/t19-,20+,23+,25+,28-;/m1./s1. The van der Waals surface area contributed by atoms with E-state index in [-0.39, 0.29) is 41.5 Å². The van der Waals surface area contributed by atoms with Crippen LogP contribution in [0.25, 0.3) is 10.9 Å². The first kappa shape index (κ1) is 36.3. The van der Waals surface area contributed by atoms with Crippen molar-refractivity contribution in [1.29, 1.82) is 0 Å². The third-order valence-corrected chi connectivity index (χ3v) is 9.23. The summed E-state index contributed by atoms with van der Waals surface area (Å²) in [6.07, 6.45) is 2.24. The number of fused-ring (bicyclic) bond motifs is 1. The van der Waals surface area contributed by atoms with Crippen LogP contribution in [-0.2, 0) is 19.2 Å². The summed E-state index contributed by atoms with van der Waals surface area (Å²) in [6, 6.07) is 4.43. The van der Waals surface area contributed by atoms with Crippen molar-refractivity contribution in [3.8, 4) is 5.75 Å². The number of carbonyl (C=O) groups excluding carboxylic acids is 5. The van der Waals surface area contributed by atoms with Crippen LogP contribution in [-0.4, -0.2) is 84.8 Å². The molecule has 2 saturated heterocycles. The van der Waals surface area contributed by atoms with E-state index in [4.69, 9.17) is 4.74 Å². The lowest BCUT2D eigenvalue weighted by molar-refractivity contribution is -0.143. The van der Waals surface area contributed by atoms with Crippen LogP contribution in [0.4, 0.5) is 4.39 Å². The molecule has 4 N–H and O–H groups in total. The number of carbonyl (C=O) groups is 5. The van der Waals surface area contributed by atoms with Gasteiger partial charge in [0.15, 0.2) is 5.78 Å². The number of nitrogens with one attached hydrogen (secondary N) is 4. The van der Waals surface area contributed by atoms with E-state index in [9.17, 15) is 28.4 Å². The largest absolute Gasteiger partial charge is 0.496 e. The minimum Gasteiger partial charge on any atom is -0.496 e. The van der Waals surface area contributed by atoms with Gasteiger partial charge in [-0.2, -0.15) is 0 Å². The van der Waals surface area contributed by atoms with Gasteiger partial charge in [-0.15, -0.1) is 0 Å². The quantitative estimate of drug-likeness (QED) is 0.261. The predicted octanol–water partition coefficient (Wildman–Crippen LogP) is 3.55. The summed E-state index contributed by atoms with van der Waals surface area (Å²) in [4.78, 5) is 71.3. The number of alkyl halides is 1. The Balaban J connectivity index is 0.00000282. The Kier molecular flexibility index (Phi) is 12.1. The molecule has 12 heteroatoms. The molecule has 4 amide bonds. The first-order chi connectivity index (χ1) is 21.8. The third kappa shape index (κ3) is 7.76. The van der Waals surface area contributed by atoms with Crippen LogP contribution in [0.2, 0.25) is 0 Å². The average Bonchev–Trinajstić information content (AvgIpc) is 3.71. The Morgan fingerprint density at radius 1 is 1.17 bits per heavy atom. The molecule has 11 nitrogen and oxygen atoms in total. The Morgan fingerprint density at radius 3 is 2.46 bits per heavy atom. The summed E-state index contributed by atoms with van der Waals surface area (Å²) < 4.78 is 14.9. The highest BCUT2D eigenvalue weighted by Crippen LogP contribution is 2.41. The fourth-order valence-electron chi connectivity index (χ4n) is 6.35. The monoisotopic (exact) mass is 641 g/mol. The lowest BCUT2D eigenvalue weighted by Crippen LogP contribution is -2.58. The van der Waals surface area contributed by atoms with Crippen molar-refractivity contribution in [2.24, 2.45) is 23.2 Å². The highest BCUT2D eigenvalue weighted by Gasteiger charge is 2.53. The molecule has 1 aromatic heterocycles. The molecular weight excluding hydrogens is 593 g/mol. The number of aromatic nitrogens is 1. The van der Waals surface area contributed by atoms with E-state index in [0.29, 0.717) is 38.9 Å². The number of ketones is 1. The second kappa shape index (κ2) is 15.4. The van der Waals surface area contributed by atoms with E-state index in [1.165, 1.54) is 0 Å². The smallest absolute Gasteiger partial charge is 0.268 e. The van der Waals surface area contributed by atoms with E-state index in [1.54, 1.807) is 24.1 Å². The topological polar surface area (TPSA) is 150 Å². The van der Waals surface area contributed by atoms with E-state index in [2.05, 4.69) is 27.5 Å². The fraction of sp³-hybridized carbons (Fsp3) is 0.559. The van der Waals surface area contributed by atoms with Gasteiger partial charge >= 0.3 is 0 Å². The molecule has 2 aromatic rings. The second-order valence-electron chi connectivity index (χ2n) is 13.1. The fourth-order valence-corrected chi connectivity index (χ4v) is 6.35. The summed E-state index contributed by atoms with van der Waals surface area (Å²) in [5.41, 5.74) is 0.385. The van der Waals surface area contributed by atoms with Crippen LogP contribution in [0.15, 0.2) is 36.9 Å². The maximum atomic E-state index is 14.2. The Labute approximate surface area is 270 Å². The summed E-state index contributed by atoms with van der Waals surface area (Å²) >= 11 is 0. The molecule has 2 aliphatic rings. The Morgan fingerprint density at radius 2 is 1.87 bits per heavy atom. The minimum absolute atomic E-state index is 0.0482. The summed E-state index contributed by atoms with van der Waals surface area (Å²) in [7, 11) is 2.06. The van der Waals surface area contributed by atoms with Gasteiger partial charge in [-0.05, 0) is 60.8 Å². The van der Waals surface area contributed by atoms with Gasteiger partial charge in [0.1, 0.15) is 23.5 Å². The van der Waals surface area contributed by atoms with Gasteiger partial charge in [-0.25, -0.2) is 0 Å². The zero-order valence-corrected chi connectivity index (χ0v) is 27.9. The number of halogens is 1. The van der Waals surface area contributed by atoms with Gasteiger partial charge in [-0.3, -0.25) is 28.4 Å². The van der Waals surface area contributed by atoms with Crippen LogP contribution < -0.4 is 20.7 Å². The number of H-pyrrole nitrogens is 1. The molecule has 2 aliphatic heterocycles. The average molecular weight is 642 g/mol. The number of nitrogens with zero attached hydrogens (tertiary/aromatic N) is 1. The first-order valence-electron chi connectivity index (χ1n) is 15.7. The van der Waals surface area contributed by atoms with Gasteiger partial charge in [0.25, 0.3) is 5.91 Å². The number of methoxy groups -OCH3 is 1. The van der Waals surface area contributed by atoms with Gasteiger partial charge in [0, 0.05) is 29.9 Å². The van der Waals surface area contributed by atoms with Crippen LogP contribution in [0.5, 0.6) is 5.75 Å². The third-order valence-electron chi connectivity index (χ3n) is 9.23. The maximum Gasteiger partial charge on any atom is 0.268 e. The molecule has 0 aliphatic carbocycles.